The summed E-state index contributed by atoms with van der Waals surface area (Å²) in [4.78, 5) is 65.8. The van der Waals surface area contributed by atoms with Crippen LogP contribution in [-0.4, -0.2) is 129 Å². The number of ether oxygens (including phenoxy) is 6. The average Bonchev–Trinajstić information content (AvgIpc) is 3.68. The third-order valence-corrected chi connectivity index (χ3v) is 10.7. The van der Waals surface area contributed by atoms with Crippen LogP contribution in [0.5, 0.6) is 5.75 Å². The quantitative estimate of drug-likeness (QED) is 0.0124. The van der Waals surface area contributed by atoms with Crippen molar-refractivity contribution in [3.63, 3.8) is 0 Å². The van der Waals surface area contributed by atoms with Crippen molar-refractivity contribution in [3.8, 4) is 5.75 Å². The molecule has 0 saturated carbocycles. The number of carbonyl (C=O) groups is 5. The van der Waals surface area contributed by atoms with Crippen LogP contribution < -0.4 is 21.7 Å². The fraction of sp³-hybridized carbons (Fsp3) is 0.407. The van der Waals surface area contributed by atoms with Gasteiger partial charge in [0, 0.05) is 62.5 Å². The first kappa shape index (κ1) is 57.5. The second-order valence-corrected chi connectivity index (χ2v) is 17.8. The molecule has 396 valence electrons. The number of hydrogen-bond donors (Lipinski definition) is 5. The second kappa shape index (κ2) is 30.6. The van der Waals surface area contributed by atoms with E-state index in [1.54, 1.807) is 78.4 Å². The summed E-state index contributed by atoms with van der Waals surface area (Å²) in [5.41, 5.74) is 9.72. The third-order valence-electron chi connectivity index (χ3n) is 10.7. The van der Waals surface area contributed by atoms with E-state index >= 15 is 0 Å². The van der Waals surface area contributed by atoms with Gasteiger partial charge in [-0.05, 0) is 130 Å². The molecule has 0 aliphatic carbocycles. The molecule has 0 atom stereocenters. The number of aromatic hydroxyl groups is 1. The van der Waals surface area contributed by atoms with Crippen LogP contribution in [0.1, 0.15) is 88.7 Å². The lowest BCUT2D eigenvalue weighted by atomic mass is 10.1. The van der Waals surface area contributed by atoms with Crippen molar-refractivity contribution in [3.05, 3.63) is 119 Å². The van der Waals surface area contributed by atoms with Crippen molar-refractivity contribution in [1.82, 2.24) is 20.2 Å². The predicted molar refractivity (Wildman–Crippen MR) is 279 cm³/mol. The van der Waals surface area contributed by atoms with Crippen molar-refractivity contribution in [2.24, 2.45) is 23.0 Å². The van der Waals surface area contributed by atoms with Gasteiger partial charge in [0.15, 0.2) is 0 Å². The molecular weight excluding hydrogens is 953 g/mol. The van der Waals surface area contributed by atoms with Gasteiger partial charge in [0.2, 0.25) is 17.8 Å². The number of phenolic OH excluding ortho intramolecular Hbond substituents is 1. The fourth-order valence-electron chi connectivity index (χ4n) is 6.91. The van der Waals surface area contributed by atoms with E-state index in [0.717, 1.165) is 16.6 Å². The molecule has 6 N–H and O–H groups in total. The molecule has 0 aliphatic heterocycles. The molecule has 4 aromatic carbocycles. The number of amides is 4. The second-order valence-electron chi connectivity index (χ2n) is 17.8. The van der Waals surface area contributed by atoms with Gasteiger partial charge < -0.3 is 54.5 Å². The summed E-state index contributed by atoms with van der Waals surface area (Å²) < 4.78 is 34.9. The van der Waals surface area contributed by atoms with E-state index in [1.165, 1.54) is 18.2 Å². The number of primary amides is 1. The molecule has 0 unspecified atom stereocenters. The zero-order valence-corrected chi connectivity index (χ0v) is 42.6. The zero-order chi connectivity index (χ0) is 53.1. The van der Waals surface area contributed by atoms with Crippen LogP contribution in [0.15, 0.2) is 101 Å². The Hall–Kier alpha value is -7.36. The molecule has 1 heterocycles. The van der Waals surface area contributed by atoms with Crippen LogP contribution in [0.2, 0.25) is 0 Å². The van der Waals surface area contributed by atoms with Crippen LogP contribution in [0.4, 0.5) is 17.3 Å². The van der Waals surface area contributed by atoms with E-state index in [9.17, 15) is 29.1 Å². The number of nitrogens with zero attached hydrogens (tertiary/aromatic N) is 4. The minimum absolute atomic E-state index is 0.0131. The highest BCUT2D eigenvalue weighted by Gasteiger charge is 2.17. The van der Waals surface area contributed by atoms with Crippen molar-refractivity contribution < 1.29 is 57.5 Å². The monoisotopic (exact) mass is 1020 g/mol. The molecule has 20 nitrogen and oxygen atoms in total. The highest BCUT2D eigenvalue weighted by atomic mass is 16.6. The predicted octanol–water partition coefficient (Wildman–Crippen LogP) is 7.13. The number of esters is 1. The number of rotatable bonds is 32. The molecule has 20 heteroatoms. The van der Waals surface area contributed by atoms with E-state index in [4.69, 9.17) is 34.2 Å². The first-order valence-corrected chi connectivity index (χ1v) is 24.5. The lowest BCUT2D eigenvalue weighted by Crippen LogP contribution is -2.25. The molecule has 74 heavy (non-hydrogen) atoms. The van der Waals surface area contributed by atoms with Crippen molar-refractivity contribution in [2.75, 3.05) is 84.5 Å². The molecule has 0 saturated heterocycles. The molecule has 0 spiro atoms. The summed E-state index contributed by atoms with van der Waals surface area (Å²) in [6, 6.07) is 23.3. The van der Waals surface area contributed by atoms with Gasteiger partial charge in [0.05, 0.1) is 69.6 Å². The summed E-state index contributed by atoms with van der Waals surface area (Å²) in [6.07, 6.45) is 5.93. The highest BCUT2D eigenvalue weighted by molar-refractivity contribution is 6.06. The number of imidazole rings is 1. The largest absolute Gasteiger partial charge is 0.506 e. The number of benzene rings is 4. The van der Waals surface area contributed by atoms with E-state index in [2.05, 4.69) is 31.2 Å². The zero-order valence-electron chi connectivity index (χ0n) is 42.6. The standard InChI is InChI=1S/C54H68N8O12/c1-54(2,3)74-49(65)12-5-9-38-14-21-47(63)45(35-38)61-60-43-18-16-40(17-19-43)51(67)57-24-8-26-70-28-30-72-32-34-73-33-31-71-29-27-69-25-7-23-56-48(64)22-15-39-13-20-44-46(36-39)62(4)53(58-44)59-52(68)42-11-6-10-41(37-42)50(55)66/h6,10-11,13-22,35-37,63H,5,7-9,12,23-34H2,1-4H3,(H2,55,66)(H,56,64)(H,57,67)(H,58,59,68)/b22-15+,61-60?. The number of nitrogens with one attached hydrogen (secondary N) is 3. The molecule has 0 fully saturated rings. The first-order chi connectivity index (χ1) is 35.6. The number of azo groups is 1. The van der Waals surface area contributed by atoms with E-state index in [-0.39, 0.29) is 34.7 Å². The van der Waals surface area contributed by atoms with Gasteiger partial charge in [-0.15, -0.1) is 5.11 Å². The average molecular weight is 1020 g/mol. The number of carbonyl (C=O) groups excluding carboxylic acids is 5. The summed E-state index contributed by atoms with van der Waals surface area (Å²) in [6.45, 7) is 10.7. The van der Waals surface area contributed by atoms with Gasteiger partial charge in [-0.25, -0.2) is 4.98 Å². The summed E-state index contributed by atoms with van der Waals surface area (Å²) >= 11 is 0. The number of aryl methyl sites for hydroxylation is 2. The van der Waals surface area contributed by atoms with Crippen LogP contribution in [0.25, 0.3) is 17.1 Å². The number of nitrogens with two attached hydrogens (primary N) is 1. The third kappa shape index (κ3) is 21.0. The van der Waals surface area contributed by atoms with Gasteiger partial charge in [-0.3, -0.25) is 29.3 Å². The molecule has 4 amide bonds. The molecule has 1 aromatic heterocycles. The Labute approximate surface area is 431 Å². The number of phenols is 1. The van der Waals surface area contributed by atoms with E-state index in [0.29, 0.717) is 140 Å². The van der Waals surface area contributed by atoms with Gasteiger partial charge in [0.1, 0.15) is 17.0 Å². The van der Waals surface area contributed by atoms with Crippen LogP contribution in [0.3, 0.4) is 0 Å². The number of fused-ring (bicyclic) bond motifs is 1. The Morgan fingerprint density at radius 3 is 1.95 bits per heavy atom. The molecule has 0 bridgehead atoms. The summed E-state index contributed by atoms with van der Waals surface area (Å²) in [7, 11) is 1.77. The Morgan fingerprint density at radius 1 is 0.689 bits per heavy atom. The maximum Gasteiger partial charge on any atom is 0.306 e. The number of aromatic nitrogens is 2. The maximum absolute atomic E-state index is 12.8. The van der Waals surface area contributed by atoms with Gasteiger partial charge in [-0.2, -0.15) is 5.11 Å². The first-order valence-electron chi connectivity index (χ1n) is 24.5. The Kier molecular flexibility index (Phi) is 23.8. The molecule has 0 aliphatic rings. The number of anilines is 1. The lowest BCUT2D eigenvalue weighted by molar-refractivity contribution is -0.154. The Bertz CT molecular complexity index is 2680. The molecule has 0 radical (unpaired) electrons. The molecule has 5 rings (SSSR count). The fourth-order valence-corrected chi connectivity index (χ4v) is 6.91. The van der Waals surface area contributed by atoms with Crippen LogP contribution >= 0.6 is 0 Å². The Balaban J connectivity index is 0.798. The van der Waals surface area contributed by atoms with Crippen molar-refractivity contribution in [2.45, 2.75) is 58.5 Å². The van der Waals surface area contributed by atoms with Crippen LogP contribution in [0, 0.1) is 0 Å². The normalized spacial score (nSPS) is 11.6. The highest BCUT2D eigenvalue weighted by Crippen LogP contribution is 2.30. The Morgan fingerprint density at radius 2 is 1.31 bits per heavy atom. The van der Waals surface area contributed by atoms with E-state index < -0.39 is 17.4 Å². The summed E-state index contributed by atoms with van der Waals surface area (Å²) in [5, 5.41) is 27.2. The summed E-state index contributed by atoms with van der Waals surface area (Å²) in [5.74, 6) is -1.45. The molecular formula is C54H68N8O12. The minimum atomic E-state index is -0.625. The SMILES string of the molecule is Cn1c(NC(=O)c2cccc(C(N)=O)c2)nc2ccc(/C=C/C(=O)NCCCOCCOCCOCCOCCOCCCNC(=O)c3ccc(N=Nc4cc(CCCC(=O)OC(C)(C)C)ccc4O)cc3)cc21. The lowest BCUT2D eigenvalue weighted by Gasteiger charge is -2.19. The van der Waals surface area contributed by atoms with Crippen molar-refractivity contribution >= 4 is 64.0 Å². The van der Waals surface area contributed by atoms with Gasteiger partial charge in [0.25, 0.3) is 11.8 Å². The van der Waals surface area contributed by atoms with Crippen molar-refractivity contribution in [1.29, 1.82) is 0 Å². The van der Waals surface area contributed by atoms with Gasteiger partial charge >= 0.3 is 5.97 Å². The molecule has 5 aromatic rings. The topological polar surface area (TPSA) is 266 Å². The maximum atomic E-state index is 12.8. The minimum Gasteiger partial charge on any atom is -0.506 e. The van der Waals surface area contributed by atoms with Gasteiger partial charge in [-0.1, -0.05) is 18.2 Å². The van der Waals surface area contributed by atoms with E-state index in [1.807, 2.05) is 32.9 Å². The smallest absolute Gasteiger partial charge is 0.306 e. The number of hydrogen-bond acceptors (Lipinski definition) is 15. The van der Waals surface area contributed by atoms with Crippen LogP contribution in [-0.2, 0) is 51.5 Å².